The minimum Gasteiger partial charge on any atom is -0.503 e. The molecule has 2 aromatic rings. The van der Waals surface area contributed by atoms with Gasteiger partial charge in [0.15, 0.2) is 10.9 Å². The summed E-state index contributed by atoms with van der Waals surface area (Å²) in [5.41, 5.74) is 0.0765. The first-order chi connectivity index (χ1) is 16.1. The molecular formula is C22H28BF4N5OS. The standard InChI is InChI=1S/C22H28BF4N5OS/c1-13(28-23)18(33)19-29-30-20(31(19)2)34-9-3-7-32-8-6-21(12-32)11-16(21)15-5-4-14(10-17(15)24)22(25,26)27/h4-5,10,16,28,33H,3,6-9,11-12,23H2,1-2H3/b18-13-/t16-,21+/m0/s1. The predicted octanol–water partition coefficient (Wildman–Crippen LogP) is 3.72. The highest BCUT2D eigenvalue weighted by atomic mass is 32.2. The molecular weight excluding hydrogens is 469 g/mol. The Bertz CT molecular complexity index is 1090. The first-order valence-corrected chi connectivity index (χ1v) is 12.2. The van der Waals surface area contributed by atoms with Gasteiger partial charge in [0, 0.05) is 25.0 Å². The van der Waals surface area contributed by atoms with Gasteiger partial charge in [-0.1, -0.05) is 17.8 Å². The van der Waals surface area contributed by atoms with Crippen LogP contribution in [0.5, 0.6) is 0 Å². The molecule has 1 spiro atoms. The Labute approximate surface area is 201 Å². The molecule has 184 valence electrons. The predicted molar refractivity (Wildman–Crippen MR) is 125 cm³/mol. The van der Waals surface area contributed by atoms with Crippen LogP contribution < -0.4 is 5.23 Å². The summed E-state index contributed by atoms with van der Waals surface area (Å²) in [6.07, 6.45) is -1.84. The van der Waals surface area contributed by atoms with Gasteiger partial charge in [0.1, 0.15) is 5.82 Å². The first-order valence-electron chi connectivity index (χ1n) is 11.2. The lowest BCUT2D eigenvalue weighted by atomic mass is 9.97. The van der Waals surface area contributed by atoms with Crippen LogP contribution in [0.1, 0.15) is 49.1 Å². The zero-order valence-electron chi connectivity index (χ0n) is 19.4. The Morgan fingerprint density at radius 3 is 2.79 bits per heavy atom. The molecule has 1 aromatic heterocycles. The van der Waals surface area contributed by atoms with Gasteiger partial charge in [-0.3, -0.25) is 0 Å². The Morgan fingerprint density at radius 2 is 2.12 bits per heavy atom. The van der Waals surface area contributed by atoms with Crippen LogP contribution in [0.3, 0.4) is 0 Å². The second-order valence-electron chi connectivity index (χ2n) is 9.17. The molecule has 0 bridgehead atoms. The Morgan fingerprint density at radius 1 is 1.35 bits per heavy atom. The number of aromatic nitrogens is 3. The number of halogens is 4. The van der Waals surface area contributed by atoms with Crippen LogP contribution in [0.4, 0.5) is 17.6 Å². The number of alkyl halides is 3. The molecule has 2 heterocycles. The van der Waals surface area contributed by atoms with E-state index < -0.39 is 17.6 Å². The van der Waals surface area contributed by atoms with Gasteiger partial charge in [0.2, 0.25) is 13.8 Å². The lowest BCUT2D eigenvalue weighted by Crippen LogP contribution is -2.23. The first kappa shape index (κ1) is 24.9. The largest absolute Gasteiger partial charge is 0.503 e. The van der Waals surface area contributed by atoms with Crippen LogP contribution in [0.15, 0.2) is 29.1 Å². The molecule has 0 radical (unpaired) electrons. The monoisotopic (exact) mass is 497 g/mol. The topological polar surface area (TPSA) is 66.2 Å². The molecule has 34 heavy (non-hydrogen) atoms. The maximum atomic E-state index is 14.4. The summed E-state index contributed by atoms with van der Waals surface area (Å²) in [6.45, 7) is 4.42. The molecule has 2 fully saturated rings. The molecule has 1 aromatic carbocycles. The maximum Gasteiger partial charge on any atom is 0.416 e. The normalized spacial score (nSPS) is 23.4. The average Bonchev–Trinajstić information content (AvgIpc) is 3.12. The van der Waals surface area contributed by atoms with Crippen molar-refractivity contribution in [2.24, 2.45) is 12.5 Å². The molecule has 12 heteroatoms. The molecule has 2 N–H and O–H groups in total. The fourth-order valence-corrected chi connectivity index (χ4v) is 5.62. The van der Waals surface area contributed by atoms with Gasteiger partial charge in [-0.05, 0) is 68.3 Å². The quantitative estimate of drug-likeness (QED) is 0.191. The van der Waals surface area contributed by atoms with Crippen LogP contribution in [0.2, 0.25) is 0 Å². The molecule has 0 amide bonds. The number of aliphatic hydroxyl groups is 1. The van der Waals surface area contributed by atoms with Crippen molar-refractivity contribution < 1.29 is 22.7 Å². The minimum absolute atomic E-state index is 0.00646. The van der Waals surface area contributed by atoms with E-state index in [1.54, 1.807) is 31.2 Å². The number of nitrogens with zero attached hydrogens (tertiary/aromatic N) is 4. The van der Waals surface area contributed by atoms with E-state index in [-0.39, 0.29) is 17.1 Å². The molecule has 0 unspecified atom stereocenters. The van der Waals surface area contributed by atoms with Crippen LogP contribution in [0, 0.1) is 11.2 Å². The summed E-state index contributed by atoms with van der Waals surface area (Å²) in [5, 5.41) is 22.1. The summed E-state index contributed by atoms with van der Waals surface area (Å²) in [5.74, 6) is 0.553. The molecule has 1 saturated heterocycles. The molecule has 1 saturated carbocycles. The second-order valence-corrected chi connectivity index (χ2v) is 10.2. The van der Waals surface area contributed by atoms with Crippen molar-refractivity contribution >= 4 is 25.5 Å². The van der Waals surface area contributed by atoms with Gasteiger partial charge < -0.3 is 19.8 Å². The van der Waals surface area contributed by atoms with E-state index in [1.165, 1.54) is 6.07 Å². The molecule has 4 rings (SSSR count). The number of likely N-dealkylation sites (tertiary alicyclic amines) is 1. The average molecular weight is 497 g/mol. The highest BCUT2D eigenvalue weighted by Crippen LogP contribution is 2.64. The summed E-state index contributed by atoms with van der Waals surface area (Å²) in [6, 6.07) is 2.93. The number of nitrogens with one attached hydrogen (secondary N) is 1. The zero-order chi connectivity index (χ0) is 24.7. The van der Waals surface area contributed by atoms with Crippen molar-refractivity contribution in [2.45, 2.75) is 43.4 Å². The van der Waals surface area contributed by atoms with Gasteiger partial charge in [-0.25, -0.2) is 4.39 Å². The van der Waals surface area contributed by atoms with E-state index in [4.69, 9.17) is 0 Å². The van der Waals surface area contributed by atoms with E-state index in [0.717, 1.165) is 55.9 Å². The number of allylic oxidation sites excluding steroid dienone is 1. The number of benzene rings is 1. The number of hydrogen-bond acceptors (Lipinski definition) is 6. The fraction of sp³-hybridized carbons (Fsp3) is 0.545. The highest BCUT2D eigenvalue weighted by molar-refractivity contribution is 7.99. The number of thioether (sulfide) groups is 1. The minimum atomic E-state index is -4.53. The van der Waals surface area contributed by atoms with Crippen LogP contribution in [-0.2, 0) is 13.2 Å². The summed E-state index contributed by atoms with van der Waals surface area (Å²) in [7, 11) is 3.54. The third-order valence-corrected chi connectivity index (χ3v) is 8.09. The van der Waals surface area contributed by atoms with Gasteiger partial charge in [-0.15, -0.1) is 10.2 Å². The van der Waals surface area contributed by atoms with Gasteiger partial charge >= 0.3 is 6.18 Å². The van der Waals surface area contributed by atoms with Crippen LogP contribution in [0.25, 0.3) is 5.76 Å². The lowest BCUT2D eigenvalue weighted by molar-refractivity contribution is -0.137. The number of rotatable bonds is 8. The van der Waals surface area contributed by atoms with Crippen molar-refractivity contribution in [3.63, 3.8) is 0 Å². The lowest BCUT2D eigenvalue weighted by Gasteiger charge is -2.16. The number of aliphatic hydroxyl groups excluding tert-OH is 1. The smallest absolute Gasteiger partial charge is 0.416 e. The molecule has 2 aliphatic rings. The molecule has 1 aliphatic heterocycles. The maximum absolute atomic E-state index is 14.4. The van der Waals surface area contributed by atoms with Gasteiger partial charge in [0.25, 0.3) is 0 Å². The second kappa shape index (κ2) is 9.45. The van der Waals surface area contributed by atoms with Gasteiger partial charge in [-0.2, -0.15) is 13.2 Å². The zero-order valence-corrected chi connectivity index (χ0v) is 20.2. The molecule has 6 nitrogen and oxygen atoms in total. The third kappa shape index (κ3) is 4.93. The van der Waals surface area contributed by atoms with Crippen molar-refractivity contribution in [3.05, 3.63) is 46.7 Å². The Balaban J connectivity index is 1.26. The van der Waals surface area contributed by atoms with E-state index in [9.17, 15) is 22.7 Å². The summed E-state index contributed by atoms with van der Waals surface area (Å²) in [4.78, 5) is 2.36. The molecule has 1 aliphatic carbocycles. The Kier molecular flexibility index (Phi) is 6.92. The summed E-state index contributed by atoms with van der Waals surface area (Å²) >= 11 is 1.57. The summed E-state index contributed by atoms with van der Waals surface area (Å²) < 4.78 is 54.6. The third-order valence-electron chi connectivity index (χ3n) is 6.98. The Hall–Kier alpha value is -2.21. The van der Waals surface area contributed by atoms with Crippen molar-refractivity contribution in [1.82, 2.24) is 24.9 Å². The SMILES string of the molecule is BN/C(C)=C(\O)c1nnc(SCCCN2CC[C@@]3(C[C@H]3c3ccc(C(F)(F)F)cc3F)C2)n1C. The van der Waals surface area contributed by atoms with Crippen LogP contribution >= 0.6 is 11.8 Å². The van der Waals surface area contributed by atoms with E-state index >= 15 is 0 Å². The highest BCUT2D eigenvalue weighted by Gasteiger charge is 2.58. The fourth-order valence-electron chi connectivity index (χ4n) is 4.78. The number of hydrogen-bond donors (Lipinski definition) is 2. The molecule has 2 atom stereocenters. The van der Waals surface area contributed by atoms with Crippen LogP contribution in [-0.4, -0.2) is 58.1 Å². The van der Waals surface area contributed by atoms with E-state index in [2.05, 4.69) is 20.3 Å². The van der Waals surface area contributed by atoms with Crippen molar-refractivity contribution in [2.75, 3.05) is 25.4 Å². The van der Waals surface area contributed by atoms with Crippen molar-refractivity contribution in [1.29, 1.82) is 0 Å². The van der Waals surface area contributed by atoms with E-state index in [1.807, 2.05) is 7.05 Å². The van der Waals surface area contributed by atoms with Gasteiger partial charge in [0.05, 0.1) is 5.56 Å². The van der Waals surface area contributed by atoms with E-state index in [0.29, 0.717) is 23.2 Å². The van der Waals surface area contributed by atoms with Crippen molar-refractivity contribution in [3.8, 4) is 0 Å².